The van der Waals surface area contributed by atoms with Gasteiger partial charge < -0.3 is 15.1 Å². The van der Waals surface area contributed by atoms with Crippen molar-refractivity contribution in [2.24, 2.45) is 0 Å². The Morgan fingerprint density at radius 2 is 1.81 bits per heavy atom. The number of anilines is 1. The Balaban J connectivity index is 1.73. The lowest BCUT2D eigenvalue weighted by molar-refractivity contribution is -1.02. The number of carbonyl (C=O) groups is 1. The molecule has 31 heavy (non-hydrogen) atoms. The van der Waals surface area contributed by atoms with Gasteiger partial charge in [-0.05, 0) is 36.8 Å². The summed E-state index contributed by atoms with van der Waals surface area (Å²) in [6.45, 7) is 6.31. The van der Waals surface area contributed by atoms with Gasteiger partial charge in [-0.15, -0.1) is 11.3 Å². The standard InChI is InChI=1S/C25H28FN3OS/c1-3-21-17-22(25(31-21)27-24(30)18-8-5-4-6-9-18)23(19-10-7-11-20(26)16-19)29-14-12-28(2)13-15-29/h4-11,16-17,23H,3,12-15H2,1-2H3,(H,27,30)/p+2/t23-/m1/s1. The van der Waals surface area contributed by atoms with Crippen LogP contribution in [0.1, 0.15) is 39.3 Å². The number of rotatable bonds is 6. The Morgan fingerprint density at radius 1 is 1.06 bits per heavy atom. The second-order valence-electron chi connectivity index (χ2n) is 8.27. The molecule has 162 valence electrons. The number of likely N-dealkylation sites (N-methyl/N-ethyl adjacent to an activating group) is 1. The van der Waals surface area contributed by atoms with Crippen LogP contribution in [-0.2, 0) is 6.42 Å². The Bertz CT molecular complexity index is 1030. The number of amides is 1. The van der Waals surface area contributed by atoms with E-state index in [-0.39, 0.29) is 17.8 Å². The van der Waals surface area contributed by atoms with E-state index >= 15 is 0 Å². The van der Waals surface area contributed by atoms with Crippen LogP contribution in [0.25, 0.3) is 0 Å². The van der Waals surface area contributed by atoms with Gasteiger partial charge in [-0.25, -0.2) is 4.39 Å². The van der Waals surface area contributed by atoms with Crippen LogP contribution in [0, 0.1) is 5.82 Å². The molecule has 1 aliphatic heterocycles. The molecule has 0 saturated carbocycles. The van der Waals surface area contributed by atoms with Crippen LogP contribution in [0.3, 0.4) is 0 Å². The van der Waals surface area contributed by atoms with Crippen molar-refractivity contribution in [3.05, 3.63) is 88.0 Å². The van der Waals surface area contributed by atoms with Crippen LogP contribution < -0.4 is 15.1 Å². The molecule has 6 heteroatoms. The normalized spacial score (nSPS) is 19.7. The number of carbonyl (C=O) groups excluding carboxylic acids is 1. The highest BCUT2D eigenvalue weighted by Crippen LogP contribution is 2.35. The minimum atomic E-state index is -0.220. The maximum Gasteiger partial charge on any atom is 0.256 e. The predicted octanol–water partition coefficient (Wildman–Crippen LogP) is 2.20. The molecule has 1 atom stereocenters. The molecule has 1 fully saturated rings. The number of hydrogen-bond donors (Lipinski definition) is 3. The molecule has 0 radical (unpaired) electrons. The topological polar surface area (TPSA) is 38.0 Å². The van der Waals surface area contributed by atoms with Gasteiger partial charge in [0.2, 0.25) is 0 Å². The SMILES string of the molecule is CCc1cc([C@@H](c2cccc(F)c2)[NH+]2CC[NH+](C)CC2)c(NC(=O)c2ccccc2)s1. The minimum absolute atomic E-state index is 0.00794. The van der Waals surface area contributed by atoms with Gasteiger partial charge in [-0.3, -0.25) is 4.79 Å². The molecule has 1 aliphatic rings. The average molecular weight is 440 g/mol. The van der Waals surface area contributed by atoms with Crippen LogP contribution in [0.2, 0.25) is 0 Å². The summed E-state index contributed by atoms with van der Waals surface area (Å²) < 4.78 is 14.2. The molecule has 0 spiro atoms. The predicted molar refractivity (Wildman–Crippen MR) is 124 cm³/mol. The second kappa shape index (κ2) is 9.73. The average Bonchev–Trinajstić information content (AvgIpc) is 3.18. The smallest absolute Gasteiger partial charge is 0.256 e. The number of aryl methyl sites for hydroxylation is 1. The second-order valence-corrected chi connectivity index (χ2v) is 9.41. The zero-order valence-corrected chi connectivity index (χ0v) is 18.9. The van der Waals surface area contributed by atoms with E-state index in [1.807, 2.05) is 36.4 Å². The molecular formula is C25H30FN3OS+2. The van der Waals surface area contributed by atoms with Gasteiger partial charge in [-0.2, -0.15) is 0 Å². The van der Waals surface area contributed by atoms with Crippen molar-refractivity contribution in [2.45, 2.75) is 19.4 Å². The van der Waals surface area contributed by atoms with Crippen LogP contribution >= 0.6 is 11.3 Å². The molecule has 1 saturated heterocycles. The third kappa shape index (κ3) is 5.03. The van der Waals surface area contributed by atoms with E-state index < -0.39 is 0 Å². The summed E-state index contributed by atoms with van der Waals surface area (Å²) in [6, 6.07) is 18.4. The third-order valence-corrected chi connectivity index (χ3v) is 7.28. The molecule has 0 unspecified atom stereocenters. The highest BCUT2D eigenvalue weighted by Gasteiger charge is 2.34. The van der Waals surface area contributed by atoms with E-state index in [1.54, 1.807) is 23.5 Å². The number of benzene rings is 2. The maximum absolute atomic E-state index is 14.2. The quantitative estimate of drug-likeness (QED) is 0.541. The van der Waals surface area contributed by atoms with Crippen molar-refractivity contribution in [3.8, 4) is 0 Å². The highest BCUT2D eigenvalue weighted by atomic mass is 32.1. The number of thiophene rings is 1. The number of quaternary nitrogens is 2. The van der Waals surface area contributed by atoms with Gasteiger partial charge in [0.25, 0.3) is 5.91 Å². The zero-order valence-electron chi connectivity index (χ0n) is 18.1. The monoisotopic (exact) mass is 439 g/mol. The van der Waals surface area contributed by atoms with E-state index in [4.69, 9.17) is 0 Å². The molecule has 1 aromatic heterocycles. The Kier molecular flexibility index (Phi) is 6.80. The van der Waals surface area contributed by atoms with Crippen molar-refractivity contribution in [3.63, 3.8) is 0 Å². The molecule has 4 nitrogen and oxygen atoms in total. The van der Waals surface area contributed by atoms with Crippen molar-refractivity contribution in [1.82, 2.24) is 0 Å². The number of piperazine rings is 1. The number of nitrogens with one attached hydrogen (secondary N) is 3. The molecule has 0 aliphatic carbocycles. The van der Waals surface area contributed by atoms with Crippen molar-refractivity contribution in [1.29, 1.82) is 0 Å². The van der Waals surface area contributed by atoms with Crippen LogP contribution in [0.15, 0.2) is 60.7 Å². The van der Waals surface area contributed by atoms with Crippen LogP contribution in [-0.4, -0.2) is 39.1 Å². The molecule has 3 N–H and O–H groups in total. The van der Waals surface area contributed by atoms with Crippen LogP contribution in [0.4, 0.5) is 9.39 Å². The maximum atomic E-state index is 14.2. The summed E-state index contributed by atoms with van der Waals surface area (Å²) in [7, 11) is 2.22. The molecule has 0 bridgehead atoms. The summed E-state index contributed by atoms with van der Waals surface area (Å²) in [5.41, 5.74) is 2.69. The summed E-state index contributed by atoms with van der Waals surface area (Å²) in [5, 5.41) is 4.04. The summed E-state index contributed by atoms with van der Waals surface area (Å²) >= 11 is 1.63. The molecule has 4 rings (SSSR count). The van der Waals surface area contributed by atoms with E-state index in [0.29, 0.717) is 5.56 Å². The van der Waals surface area contributed by atoms with E-state index in [1.165, 1.54) is 20.7 Å². The van der Waals surface area contributed by atoms with E-state index in [0.717, 1.165) is 48.7 Å². The first-order valence-corrected chi connectivity index (χ1v) is 11.8. The van der Waals surface area contributed by atoms with Crippen molar-refractivity contribution < 1.29 is 19.0 Å². The Hall–Kier alpha value is -2.54. The zero-order chi connectivity index (χ0) is 21.8. The summed E-state index contributed by atoms with van der Waals surface area (Å²) in [5.74, 6) is -0.329. The van der Waals surface area contributed by atoms with Crippen LogP contribution in [0.5, 0.6) is 0 Å². The lowest BCUT2D eigenvalue weighted by atomic mass is 9.97. The Labute approximate surface area is 187 Å². The fraction of sp³-hybridized carbons (Fsp3) is 0.320. The van der Waals surface area contributed by atoms with Gasteiger partial charge in [0, 0.05) is 21.6 Å². The first-order valence-electron chi connectivity index (χ1n) is 11.0. The van der Waals surface area contributed by atoms with E-state index in [2.05, 4.69) is 25.4 Å². The number of halogens is 1. The first-order chi connectivity index (χ1) is 15.0. The highest BCUT2D eigenvalue weighted by molar-refractivity contribution is 7.16. The number of hydrogen-bond acceptors (Lipinski definition) is 2. The van der Waals surface area contributed by atoms with Gasteiger partial charge in [0.05, 0.1) is 7.05 Å². The van der Waals surface area contributed by atoms with Crippen molar-refractivity contribution in [2.75, 3.05) is 38.5 Å². The lowest BCUT2D eigenvalue weighted by Crippen LogP contribution is -3.27. The fourth-order valence-electron chi connectivity index (χ4n) is 4.32. The molecule has 2 aromatic carbocycles. The summed E-state index contributed by atoms with van der Waals surface area (Å²) in [6.07, 6.45) is 0.900. The minimum Gasteiger partial charge on any atom is -0.328 e. The van der Waals surface area contributed by atoms with Gasteiger partial charge in [0.15, 0.2) is 0 Å². The third-order valence-electron chi connectivity index (χ3n) is 6.07. The lowest BCUT2D eigenvalue weighted by Gasteiger charge is -2.33. The largest absolute Gasteiger partial charge is 0.328 e. The molecule has 1 amide bonds. The summed E-state index contributed by atoms with van der Waals surface area (Å²) in [4.78, 5) is 17.1. The van der Waals surface area contributed by atoms with Gasteiger partial charge in [-0.1, -0.05) is 37.3 Å². The molecule has 3 aromatic rings. The first kappa shape index (κ1) is 21.7. The van der Waals surface area contributed by atoms with Gasteiger partial charge >= 0.3 is 0 Å². The van der Waals surface area contributed by atoms with Gasteiger partial charge in [0.1, 0.15) is 43.0 Å². The molecule has 2 heterocycles. The fourth-order valence-corrected chi connectivity index (χ4v) is 5.35. The molecular weight excluding hydrogens is 409 g/mol. The Morgan fingerprint density at radius 3 is 2.48 bits per heavy atom. The van der Waals surface area contributed by atoms with E-state index in [9.17, 15) is 9.18 Å². The van der Waals surface area contributed by atoms with Crippen molar-refractivity contribution >= 4 is 22.2 Å².